The van der Waals surface area contributed by atoms with Crippen molar-refractivity contribution in [1.29, 1.82) is 0 Å². The number of aromatic nitrogens is 2. The predicted molar refractivity (Wildman–Crippen MR) is 226 cm³/mol. The molecule has 11 aromatic rings. The third-order valence-electron chi connectivity index (χ3n) is 10.7. The van der Waals surface area contributed by atoms with Crippen LogP contribution in [-0.2, 0) is 0 Å². The minimum Gasteiger partial charge on any atom is -0.228 e. The summed E-state index contributed by atoms with van der Waals surface area (Å²) in [6.45, 7) is 0. The molecule has 0 fully saturated rings. The molecule has 0 bridgehead atoms. The topological polar surface area (TPSA) is 25.8 Å². The van der Waals surface area contributed by atoms with E-state index in [4.69, 9.17) is 9.97 Å². The first-order valence-corrected chi connectivity index (χ1v) is 18.8. The fourth-order valence-corrected chi connectivity index (χ4v) is 9.40. The maximum Gasteiger partial charge on any atom is 0.161 e. The van der Waals surface area contributed by atoms with Crippen molar-refractivity contribution in [2.24, 2.45) is 0 Å². The number of rotatable bonds is 5. The molecule has 11 rings (SSSR count). The van der Waals surface area contributed by atoms with Crippen LogP contribution in [-0.4, -0.2) is 9.97 Å². The lowest BCUT2D eigenvalue weighted by Crippen LogP contribution is -1.96. The van der Waals surface area contributed by atoms with E-state index < -0.39 is 0 Å². The number of hydrogen-bond acceptors (Lipinski definition) is 3. The number of benzene rings is 9. The van der Waals surface area contributed by atoms with Gasteiger partial charge in [0.2, 0.25) is 0 Å². The van der Waals surface area contributed by atoms with E-state index in [0.29, 0.717) is 0 Å². The van der Waals surface area contributed by atoms with Gasteiger partial charge in [0.1, 0.15) is 0 Å². The van der Waals surface area contributed by atoms with E-state index in [1.807, 2.05) is 23.5 Å². The molecule has 2 heterocycles. The Hall–Kier alpha value is -6.68. The van der Waals surface area contributed by atoms with Gasteiger partial charge in [0.05, 0.1) is 11.4 Å². The molecule has 0 saturated heterocycles. The van der Waals surface area contributed by atoms with Crippen LogP contribution in [0.15, 0.2) is 182 Å². The summed E-state index contributed by atoms with van der Waals surface area (Å²) in [7, 11) is 0. The zero-order chi connectivity index (χ0) is 34.9. The van der Waals surface area contributed by atoms with Crippen molar-refractivity contribution >= 4 is 63.8 Å². The predicted octanol–water partition coefficient (Wildman–Crippen LogP) is 14.1. The van der Waals surface area contributed by atoms with E-state index in [0.717, 1.165) is 33.9 Å². The highest BCUT2D eigenvalue weighted by molar-refractivity contribution is 7.26. The zero-order valence-electron chi connectivity index (χ0n) is 28.6. The zero-order valence-corrected chi connectivity index (χ0v) is 29.4. The van der Waals surface area contributed by atoms with E-state index in [9.17, 15) is 0 Å². The van der Waals surface area contributed by atoms with Crippen LogP contribution >= 0.6 is 11.3 Å². The fourth-order valence-electron chi connectivity index (χ4n) is 8.14. The number of hydrogen-bond donors (Lipinski definition) is 0. The van der Waals surface area contributed by atoms with Gasteiger partial charge in [-0.05, 0) is 72.8 Å². The summed E-state index contributed by atoms with van der Waals surface area (Å²) in [6.07, 6.45) is 0. The minimum absolute atomic E-state index is 0.731. The minimum atomic E-state index is 0.731. The molecule has 0 saturated carbocycles. The fraction of sp³-hybridized carbons (Fsp3) is 0. The van der Waals surface area contributed by atoms with Crippen LogP contribution in [0.25, 0.3) is 109 Å². The van der Waals surface area contributed by atoms with Crippen LogP contribution in [0.2, 0.25) is 0 Å². The van der Waals surface area contributed by atoms with Gasteiger partial charge in [-0.1, -0.05) is 164 Å². The van der Waals surface area contributed by atoms with Gasteiger partial charge in [-0.3, -0.25) is 0 Å². The Labute approximate surface area is 310 Å². The third-order valence-corrected chi connectivity index (χ3v) is 11.9. The average Bonchev–Trinajstić information content (AvgIpc) is 3.63. The average molecular weight is 691 g/mol. The Bertz CT molecular complexity index is 3070. The molecule has 0 aliphatic heterocycles. The summed E-state index contributed by atoms with van der Waals surface area (Å²) < 4.78 is 2.50. The van der Waals surface area contributed by atoms with Gasteiger partial charge in [-0.25, -0.2) is 9.97 Å². The van der Waals surface area contributed by atoms with Crippen LogP contribution in [0.4, 0.5) is 0 Å². The first kappa shape index (κ1) is 30.0. The molecule has 0 N–H and O–H groups in total. The van der Waals surface area contributed by atoms with Crippen molar-refractivity contribution < 1.29 is 0 Å². The summed E-state index contributed by atoms with van der Waals surface area (Å²) in [4.78, 5) is 10.5. The van der Waals surface area contributed by atoms with Gasteiger partial charge in [0.25, 0.3) is 0 Å². The molecular weight excluding hydrogens is 661 g/mol. The Kier molecular flexibility index (Phi) is 6.76. The lowest BCUT2D eigenvalue weighted by molar-refractivity contribution is 1.19. The van der Waals surface area contributed by atoms with E-state index in [-0.39, 0.29) is 0 Å². The second-order valence-electron chi connectivity index (χ2n) is 13.7. The molecule has 0 aliphatic carbocycles. The largest absolute Gasteiger partial charge is 0.228 e. The van der Waals surface area contributed by atoms with Crippen LogP contribution in [0, 0.1) is 0 Å². The normalized spacial score (nSPS) is 11.8. The number of nitrogens with zero attached hydrogens (tertiary/aromatic N) is 2. The molecule has 0 unspecified atom stereocenters. The third kappa shape index (κ3) is 4.86. The van der Waals surface area contributed by atoms with E-state index >= 15 is 0 Å². The Balaban J connectivity index is 1.07. The molecule has 0 radical (unpaired) electrons. The molecule has 0 atom stereocenters. The second-order valence-corrected chi connectivity index (χ2v) is 14.8. The number of fused-ring (bicyclic) bond motifs is 3. The summed E-state index contributed by atoms with van der Waals surface area (Å²) >= 11 is 1.84. The molecule has 0 aliphatic rings. The lowest BCUT2D eigenvalue weighted by Gasteiger charge is -2.15. The van der Waals surface area contributed by atoms with Crippen molar-refractivity contribution in [3.63, 3.8) is 0 Å². The highest BCUT2D eigenvalue weighted by Gasteiger charge is 2.19. The Morgan fingerprint density at radius 1 is 0.340 bits per heavy atom. The molecule has 53 heavy (non-hydrogen) atoms. The van der Waals surface area contributed by atoms with Crippen molar-refractivity contribution in [1.82, 2.24) is 9.97 Å². The van der Waals surface area contributed by atoms with Crippen LogP contribution < -0.4 is 0 Å². The quantitative estimate of drug-likeness (QED) is 0.168. The number of thiophene rings is 1. The molecule has 2 nitrogen and oxygen atoms in total. The first-order valence-electron chi connectivity index (χ1n) is 18.0. The van der Waals surface area contributed by atoms with E-state index in [1.165, 1.54) is 74.7 Å². The van der Waals surface area contributed by atoms with Crippen LogP contribution in [0.3, 0.4) is 0 Å². The van der Waals surface area contributed by atoms with E-state index in [1.54, 1.807) is 0 Å². The van der Waals surface area contributed by atoms with Crippen LogP contribution in [0.5, 0.6) is 0 Å². The Morgan fingerprint density at radius 3 is 1.58 bits per heavy atom. The molecule has 3 heteroatoms. The smallest absolute Gasteiger partial charge is 0.161 e. The summed E-state index contributed by atoms with van der Waals surface area (Å²) in [5.74, 6) is 0.731. The van der Waals surface area contributed by atoms with Gasteiger partial charge in [0.15, 0.2) is 5.82 Å². The van der Waals surface area contributed by atoms with Gasteiger partial charge >= 0.3 is 0 Å². The molecular formula is C50H30N2S. The molecule has 0 spiro atoms. The van der Waals surface area contributed by atoms with Crippen molar-refractivity contribution in [3.05, 3.63) is 182 Å². The van der Waals surface area contributed by atoms with Gasteiger partial charge in [0, 0.05) is 36.9 Å². The molecule has 9 aromatic carbocycles. The standard InChI is InChI=1S/C50H30N2S/c1-3-10-33(11-4-1)43-30-44(34-12-5-2-6-13-34)52-50(51-43)42-29-28-39(49-48(42)41-16-7-8-17-45(41)53-49)32-20-18-31(19-21-32)38-26-24-37-23-22-35-14-9-15-36-25-27-40(38)47(37)46(35)36/h1-30H. The maximum atomic E-state index is 5.23. The highest BCUT2D eigenvalue weighted by atomic mass is 32.1. The maximum absolute atomic E-state index is 5.23. The van der Waals surface area contributed by atoms with Crippen molar-refractivity contribution in [2.75, 3.05) is 0 Å². The highest BCUT2D eigenvalue weighted by Crippen LogP contribution is 2.45. The molecule has 246 valence electrons. The monoisotopic (exact) mass is 690 g/mol. The summed E-state index contributed by atoms with van der Waals surface area (Å²) in [5, 5.41) is 10.3. The second kappa shape index (κ2) is 11.9. The van der Waals surface area contributed by atoms with Gasteiger partial charge in [-0.2, -0.15) is 0 Å². The van der Waals surface area contributed by atoms with E-state index in [2.05, 4.69) is 170 Å². The Morgan fingerprint density at radius 2 is 0.887 bits per heavy atom. The molecule has 0 amide bonds. The lowest BCUT2D eigenvalue weighted by atomic mass is 9.89. The van der Waals surface area contributed by atoms with Crippen molar-refractivity contribution in [2.45, 2.75) is 0 Å². The first-order chi connectivity index (χ1) is 26.3. The van der Waals surface area contributed by atoms with Crippen LogP contribution in [0.1, 0.15) is 0 Å². The molecule has 2 aromatic heterocycles. The SMILES string of the molecule is c1ccc(-c2cc(-c3ccccc3)nc(-c3ccc(-c4ccc(-c5ccc6ccc7cccc8ccc5c6c78)cc4)c4sc5ccccc5c34)n2)cc1. The summed E-state index contributed by atoms with van der Waals surface area (Å²) in [6, 6.07) is 65.5. The van der Waals surface area contributed by atoms with Gasteiger partial charge < -0.3 is 0 Å². The van der Waals surface area contributed by atoms with Gasteiger partial charge in [-0.15, -0.1) is 11.3 Å². The van der Waals surface area contributed by atoms with Crippen molar-refractivity contribution in [3.8, 4) is 56.2 Å². The summed E-state index contributed by atoms with van der Waals surface area (Å²) in [5.41, 5.74) is 9.89.